The number of aliphatic carboxylic acids is 1. The summed E-state index contributed by atoms with van der Waals surface area (Å²) in [6.07, 6.45) is 5.22. The first-order chi connectivity index (χ1) is 13.8. The van der Waals surface area contributed by atoms with Gasteiger partial charge in [-0.3, -0.25) is 14.4 Å². The number of carbonyl (C=O) groups excluding carboxylic acids is 2. The summed E-state index contributed by atoms with van der Waals surface area (Å²) in [7, 11) is 0. The van der Waals surface area contributed by atoms with Crippen LogP contribution in [0, 0.1) is 11.8 Å². The van der Waals surface area contributed by atoms with Crippen molar-refractivity contribution in [3.63, 3.8) is 0 Å². The zero-order valence-electron chi connectivity index (χ0n) is 17.2. The first-order valence-corrected chi connectivity index (χ1v) is 11.4. The van der Waals surface area contributed by atoms with E-state index in [1.165, 1.54) is 0 Å². The molecule has 0 aliphatic carbocycles. The molecule has 3 heterocycles. The fourth-order valence-corrected chi connectivity index (χ4v) is 7.58. The number of aliphatic hydroxyl groups is 1. The van der Waals surface area contributed by atoms with E-state index in [1.807, 2.05) is 13.8 Å². The Bertz CT molecular complexity index is 684. The molecule has 3 aliphatic rings. The Balaban J connectivity index is 1.96. The highest BCUT2D eigenvalue weighted by Crippen LogP contribution is 2.66. The highest BCUT2D eigenvalue weighted by molar-refractivity contribution is 8.02. The molecular weight excluding hydrogens is 392 g/mol. The van der Waals surface area contributed by atoms with Crippen molar-refractivity contribution in [2.45, 2.75) is 68.0 Å². The van der Waals surface area contributed by atoms with Gasteiger partial charge in [0.1, 0.15) is 6.04 Å². The lowest BCUT2D eigenvalue weighted by molar-refractivity contribution is -0.148. The third kappa shape index (κ3) is 3.58. The fraction of sp³-hybridized carbons (Fsp3) is 0.762. The molecule has 0 saturated carbocycles. The number of thioether (sulfide) groups is 1. The van der Waals surface area contributed by atoms with Crippen LogP contribution in [0.5, 0.6) is 0 Å². The summed E-state index contributed by atoms with van der Waals surface area (Å²) < 4.78 is -0.646. The van der Waals surface area contributed by atoms with Gasteiger partial charge in [-0.2, -0.15) is 0 Å². The summed E-state index contributed by atoms with van der Waals surface area (Å²) in [5.41, 5.74) is 0. The zero-order chi connectivity index (χ0) is 21.3. The number of rotatable bonds is 10. The Morgan fingerprint density at radius 2 is 2.10 bits per heavy atom. The van der Waals surface area contributed by atoms with E-state index in [9.17, 15) is 19.5 Å². The van der Waals surface area contributed by atoms with Gasteiger partial charge in [-0.15, -0.1) is 18.3 Å². The van der Waals surface area contributed by atoms with Crippen LogP contribution in [0.2, 0.25) is 0 Å². The van der Waals surface area contributed by atoms with E-state index in [0.29, 0.717) is 32.4 Å². The first kappa shape index (κ1) is 22.2. The van der Waals surface area contributed by atoms with Crippen LogP contribution < -0.4 is 0 Å². The van der Waals surface area contributed by atoms with Gasteiger partial charge in [0, 0.05) is 31.0 Å². The maximum atomic E-state index is 13.7. The number of hydrogen-bond donors (Lipinski definition) is 2. The standard InChI is InChI=1S/C21H32N2O5S/c1-4-10-22(13(2)3)19(26)17-21-9-8-14(29-21)15(20(27)28)16(21)18(25)23(17)11-6-5-7-12-24/h4,13-17,24H,1,5-12H2,2-3H3,(H,27,28)/t14-,15+,16-,17?,21?/m0/s1. The molecule has 3 rings (SSSR count). The number of likely N-dealkylation sites (tertiary alicyclic amines) is 1. The number of unbranched alkanes of at least 4 members (excludes halogenated alkanes) is 2. The number of amides is 2. The summed E-state index contributed by atoms with van der Waals surface area (Å²) in [5.74, 6) is -2.56. The highest BCUT2D eigenvalue weighted by atomic mass is 32.2. The number of carbonyl (C=O) groups is 3. The van der Waals surface area contributed by atoms with Gasteiger partial charge in [0.2, 0.25) is 11.8 Å². The monoisotopic (exact) mass is 424 g/mol. The second kappa shape index (κ2) is 8.68. The van der Waals surface area contributed by atoms with E-state index in [0.717, 1.165) is 12.8 Å². The predicted molar refractivity (Wildman–Crippen MR) is 111 cm³/mol. The third-order valence-electron chi connectivity index (χ3n) is 6.61. The minimum atomic E-state index is -0.928. The summed E-state index contributed by atoms with van der Waals surface area (Å²) in [6.45, 7) is 8.57. The van der Waals surface area contributed by atoms with Crippen molar-refractivity contribution in [1.82, 2.24) is 9.80 Å². The van der Waals surface area contributed by atoms with Crippen LogP contribution in [0.4, 0.5) is 0 Å². The van der Waals surface area contributed by atoms with Crippen molar-refractivity contribution in [3.05, 3.63) is 12.7 Å². The lowest BCUT2D eigenvalue weighted by Gasteiger charge is -2.38. The molecular formula is C21H32N2O5S. The Morgan fingerprint density at radius 3 is 2.69 bits per heavy atom. The van der Waals surface area contributed by atoms with E-state index >= 15 is 0 Å². The van der Waals surface area contributed by atoms with E-state index in [2.05, 4.69) is 6.58 Å². The summed E-state index contributed by atoms with van der Waals surface area (Å²) in [6, 6.07) is -0.669. The molecule has 0 aromatic heterocycles. The smallest absolute Gasteiger partial charge is 0.308 e. The molecule has 2 unspecified atom stereocenters. The molecule has 3 fully saturated rings. The molecule has 0 aromatic rings. The van der Waals surface area contributed by atoms with Gasteiger partial charge in [-0.05, 0) is 46.0 Å². The van der Waals surface area contributed by atoms with Crippen molar-refractivity contribution < 1.29 is 24.6 Å². The minimum absolute atomic E-state index is 0.0406. The number of carboxylic acid groups (broad SMARTS) is 1. The molecule has 3 saturated heterocycles. The summed E-state index contributed by atoms with van der Waals surface area (Å²) in [4.78, 5) is 42.5. The molecule has 29 heavy (non-hydrogen) atoms. The maximum absolute atomic E-state index is 13.7. The van der Waals surface area contributed by atoms with Crippen LogP contribution in [-0.4, -0.2) is 79.6 Å². The molecule has 2 bridgehead atoms. The van der Waals surface area contributed by atoms with Gasteiger partial charge in [0.25, 0.3) is 0 Å². The van der Waals surface area contributed by atoms with Crippen LogP contribution >= 0.6 is 11.8 Å². The van der Waals surface area contributed by atoms with Crippen molar-refractivity contribution in [2.24, 2.45) is 11.8 Å². The molecule has 7 nitrogen and oxygen atoms in total. The van der Waals surface area contributed by atoms with Crippen LogP contribution in [-0.2, 0) is 14.4 Å². The maximum Gasteiger partial charge on any atom is 0.308 e. The second-order valence-electron chi connectivity index (χ2n) is 8.58. The number of fused-ring (bicyclic) bond motifs is 1. The highest BCUT2D eigenvalue weighted by Gasteiger charge is 2.73. The number of aliphatic hydroxyl groups excluding tert-OH is 1. The number of nitrogens with zero attached hydrogens (tertiary/aromatic N) is 2. The van der Waals surface area contributed by atoms with Gasteiger partial charge in [0.15, 0.2) is 0 Å². The lowest BCUT2D eigenvalue weighted by atomic mass is 9.71. The number of hydrogen-bond acceptors (Lipinski definition) is 5. The van der Waals surface area contributed by atoms with Crippen molar-refractivity contribution >= 4 is 29.5 Å². The van der Waals surface area contributed by atoms with Crippen molar-refractivity contribution in [2.75, 3.05) is 19.7 Å². The fourth-order valence-electron chi connectivity index (χ4n) is 5.38. The average Bonchev–Trinajstić information content (AvgIpc) is 3.30. The van der Waals surface area contributed by atoms with Gasteiger partial charge in [0.05, 0.1) is 16.6 Å². The molecule has 162 valence electrons. The predicted octanol–water partition coefficient (Wildman–Crippen LogP) is 1.75. The largest absolute Gasteiger partial charge is 0.481 e. The SMILES string of the molecule is C=CCN(C(=O)C1N(CCCCCO)C(=O)[C@@H]2[C@H](C(=O)O)[C@@H]3CCC12S3)C(C)C. The van der Waals surface area contributed by atoms with Gasteiger partial charge in [-0.1, -0.05) is 6.08 Å². The average molecular weight is 425 g/mol. The Morgan fingerprint density at radius 1 is 1.38 bits per heavy atom. The Kier molecular flexibility index (Phi) is 6.63. The lowest BCUT2D eigenvalue weighted by Crippen LogP contribution is -2.56. The van der Waals surface area contributed by atoms with E-state index in [-0.39, 0.29) is 29.7 Å². The first-order valence-electron chi connectivity index (χ1n) is 10.5. The zero-order valence-corrected chi connectivity index (χ0v) is 18.1. The van der Waals surface area contributed by atoms with E-state index < -0.39 is 28.6 Å². The van der Waals surface area contributed by atoms with Crippen LogP contribution in [0.3, 0.4) is 0 Å². The molecule has 3 aliphatic heterocycles. The Labute approximate surface area is 176 Å². The van der Waals surface area contributed by atoms with E-state index in [1.54, 1.807) is 27.6 Å². The molecule has 0 radical (unpaired) electrons. The third-order valence-corrected chi connectivity index (χ3v) is 8.56. The molecule has 8 heteroatoms. The molecule has 2 N–H and O–H groups in total. The van der Waals surface area contributed by atoms with Gasteiger partial charge >= 0.3 is 5.97 Å². The number of carboxylic acids is 1. The quantitative estimate of drug-likeness (QED) is 0.410. The normalized spacial score (nSPS) is 32.7. The second-order valence-corrected chi connectivity index (χ2v) is 10.2. The Hall–Kier alpha value is -1.54. The van der Waals surface area contributed by atoms with Crippen LogP contribution in [0.25, 0.3) is 0 Å². The molecule has 1 spiro atoms. The van der Waals surface area contributed by atoms with Gasteiger partial charge < -0.3 is 20.0 Å². The van der Waals surface area contributed by atoms with Crippen molar-refractivity contribution in [3.8, 4) is 0 Å². The molecule has 0 aromatic carbocycles. The van der Waals surface area contributed by atoms with Crippen molar-refractivity contribution in [1.29, 1.82) is 0 Å². The summed E-state index contributed by atoms with van der Waals surface area (Å²) in [5, 5.41) is 18.8. The topological polar surface area (TPSA) is 98.2 Å². The van der Waals surface area contributed by atoms with Crippen LogP contribution in [0.1, 0.15) is 46.0 Å². The van der Waals surface area contributed by atoms with E-state index in [4.69, 9.17) is 5.11 Å². The minimum Gasteiger partial charge on any atom is -0.481 e. The van der Waals surface area contributed by atoms with Crippen LogP contribution in [0.15, 0.2) is 12.7 Å². The summed E-state index contributed by atoms with van der Waals surface area (Å²) >= 11 is 1.56. The molecule has 5 atom stereocenters. The van der Waals surface area contributed by atoms with Gasteiger partial charge in [-0.25, -0.2) is 0 Å². The molecule has 2 amide bonds.